The second kappa shape index (κ2) is 12.2. The standard InChI is InChI=1S/C21H25N3O10/c1-11(25)22-17-19(32-14(4)28)18(31-13(3)27)16(10-30-12(2)26)33-20(17)24-34-21(29)23-15-8-6-5-7-9-15/h5-9,16-19H,10H2,1-4H3,(H,22,25)(H,23,29)/t16?,17-,18+,19+/m0/s1. The van der Waals surface area contributed by atoms with Crippen molar-refractivity contribution in [3.05, 3.63) is 30.3 Å². The molecule has 0 aromatic heterocycles. The van der Waals surface area contributed by atoms with Gasteiger partial charge >= 0.3 is 24.0 Å². The van der Waals surface area contributed by atoms with Crippen LogP contribution in [0.25, 0.3) is 0 Å². The number of hydrogen-bond acceptors (Lipinski definition) is 11. The number of ether oxygens (including phenoxy) is 4. The second-order valence-corrected chi connectivity index (χ2v) is 7.08. The second-order valence-electron chi connectivity index (χ2n) is 7.08. The first-order valence-electron chi connectivity index (χ1n) is 10.1. The first-order valence-corrected chi connectivity index (χ1v) is 10.1. The number of anilines is 1. The molecular weight excluding hydrogens is 454 g/mol. The molecule has 1 saturated heterocycles. The summed E-state index contributed by atoms with van der Waals surface area (Å²) in [5.41, 5.74) is 0.427. The molecule has 2 rings (SSSR count). The van der Waals surface area contributed by atoms with E-state index >= 15 is 0 Å². The van der Waals surface area contributed by atoms with Gasteiger partial charge in [0.05, 0.1) is 0 Å². The molecular formula is C21H25N3O10. The molecule has 184 valence electrons. The van der Waals surface area contributed by atoms with E-state index in [4.69, 9.17) is 23.8 Å². The lowest BCUT2D eigenvalue weighted by molar-refractivity contribution is -0.186. The van der Waals surface area contributed by atoms with Crippen molar-refractivity contribution in [1.82, 2.24) is 5.32 Å². The molecule has 0 aliphatic carbocycles. The number of para-hydroxylation sites is 1. The molecule has 0 saturated carbocycles. The lowest BCUT2D eigenvalue weighted by Gasteiger charge is -2.41. The summed E-state index contributed by atoms with van der Waals surface area (Å²) in [6, 6.07) is 7.06. The maximum absolute atomic E-state index is 12.1. The van der Waals surface area contributed by atoms with E-state index in [9.17, 15) is 24.0 Å². The average Bonchev–Trinajstić information content (AvgIpc) is 2.74. The SMILES string of the molecule is CC(=O)N[C@@H]1C(=NOC(=O)Nc2ccccc2)OC(COC(C)=O)[C@@H](OC(C)=O)[C@@H]1OC(C)=O. The molecule has 4 atom stereocenters. The van der Waals surface area contributed by atoms with Gasteiger partial charge in [0.25, 0.3) is 5.90 Å². The Bertz CT molecular complexity index is 949. The number of carbonyl (C=O) groups excluding carboxylic acids is 5. The summed E-state index contributed by atoms with van der Waals surface area (Å²) in [7, 11) is 0. The topological polar surface area (TPSA) is 168 Å². The summed E-state index contributed by atoms with van der Waals surface area (Å²) in [5, 5.41) is 8.56. The van der Waals surface area contributed by atoms with E-state index in [0.717, 1.165) is 20.8 Å². The van der Waals surface area contributed by atoms with Crippen molar-refractivity contribution < 1.29 is 47.8 Å². The van der Waals surface area contributed by atoms with Crippen molar-refractivity contribution >= 4 is 41.5 Å². The molecule has 0 spiro atoms. The monoisotopic (exact) mass is 479 g/mol. The molecule has 1 aliphatic rings. The highest BCUT2D eigenvalue weighted by molar-refractivity contribution is 5.90. The van der Waals surface area contributed by atoms with Gasteiger partial charge in [-0.15, -0.1) is 0 Å². The van der Waals surface area contributed by atoms with Gasteiger partial charge in [0.1, 0.15) is 12.6 Å². The highest BCUT2D eigenvalue weighted by Gasteiger charge is 2.50. The van der Waals surface area contributed by atoms with Crippen molar-refractivity contribution in [2.24, 2.45) is 5.16 Å². The van der Waals surface area contributed by atoms with Gasteiger partial charge in [-0.25, -0.2) is 4.79 Å². The Balaban J connectivity index is 2.37. The van der Waals surface area contributed by atoms with Gasteiger partial charge in [0.2, 0.25) is 5.91 Å². The summed E-state index contributed by atoms with van der Waals surface area (Å²) in [4.78, 5) is 63.6. The van der Waals surface area contributed by atoms with Crippen LogP contribution in [0.4, 0.5) is 10.5 Å². The summed E-state index contributed by atoms with van der Waals surface area (Å²) in [6.07, 6.45) is -4.83. The van der Waals surface area contributed by atoms with E-state index < -0.39 is 60.9 Å². The minimum atomic E-state index is -1.35. The minimum Gasteiger partial charge on any atom is -0.466 e. The van der Waals surface area contributed by atoms with Crippen LogP contribution in [0.3, 0.4) is 0 Å². The van der Waals surface area contributed by atoms with Gasteiger partial charge in [0.15, 0.2) is 18.3 Å². The van der Waals surface area contributed by atoms with E-state index in [1.165, 1.54) is 6.92 Å². The fourth-order valence-corrected chi connectivity index (χ4v) is 3.02. The Kier molecular flexibility index (Phi) is 9.35. The Morgan fingerprint density at radius 2 is 1.53 bits per heavy atom. The third-order valence-corrected chi connectivity index (χ3v) is 4.21. The summed E-state index contributed by atoms with van der Waals surface area (Å²) >= 11 is 0. The van der Waals surface area contributed by atoms with Crippen LogP contribution in [-0.2, 0) is 43.0 Å². The fourth-order valence-electron chi connectivity index (χ4n) is 3.02. The van der Waals surface area contributed by atoms with Crippen molar-refractivity contribution in [2.45, 2.75) is 52.0 Å². The molecule has 13 heteroatoms. The smallest absolute Gasteiger partial charge is 0.437 e. The lowest BCUT2D eigenvalue weighted by Crippen LogP contribution is -2.64. The van der Waals surface area contributed by atoms with Crippen LogP contribution in [0, 0.1) is 0 Å². The molecule has 13 nitrogen and oxygen atoms in total. The summed E-state index contributed by atoms with van der Waals surface area (Å²) in [5.74, 6) is -3.14. The molecule has 0 bridgehead atoms. The number of amides is 2. The maximum Gasteiger partial charge on any atom is 0.437 e. The average molecular weight is 479 g/mol. The Morgan fingerprint density at radius 3 is 2.09 bits per heavy atom. The van der Waals surface area contributed by atoms with E-state index in [1.54, 1.807) is 30.3 Å². The zero-order valence-electron chi connectivity index (χ0n) is 18.9. The van der Waals surface area contributed by atoms with Crippen LogP contribution in [-0.4, -0.2) is 66.8 Å². The van der Waals surface area contributed by atoms with Crippen molar-refractivity contribution in [1.29, 1.82) is 0 Å². The van der Waals surface area contributed by atoms with E-state index in [2.05, 4.69) is 15.8 Å². The number of benzene rings is 1. The lowest BCUT2D eigenvalue weighted by atomic mass is 9.96. The quantitative estimate of drug-likeness (QED) is 0.248. The predicted molar refractivity (Wildman–Crippen MR) is 114 cm³/mol. The Labute approximate surface area is 194 Å². The molecule has 2 amide bonds. The third kappa shape index (κ3) is 8.07. The fraction of sp³-hybridized carbons (Fsp3) is 0.429. The molecule has 0 radical (unpaired) electrons. The normalized spacial score (nSPS) is 22.5. The van der Waals surface area contributed by atoms with Crippen molar-refractivity contribution in [3.8, 4) is 0 Å². The molecule has 1 aromatic rings. The van der Waals surface area contributed by atoms with Crippen LogP contribution in [0.15, 0.2) is 35.5 Å². The molecule has 1 unspecified atom stereocenters. The number of nitrogens with zero attached hydrogens (tertiary/aromatic N) is 1. The molecule has 2 N–H and O–H groups in total. The molecule has 34 heavy (non-hydrogen) atoms. The van der Waals surface area contributed by atoms with Crippen LogP contribution in [0.2, 0.25) is 0 Å². The largest absolute Gasteiger partial charge is 0.466 e. The van der Waals surface area contributed by atoms with Gasteiger partial charge in [0, 0.05) is 33.4 Å². The number of esters is 3. The maximum atomic E-state index is 12.1. The Morgan fingerprint density at radius 1 is 0.912 bits per heavy atom. The molecule has 1 fully saturated rings. The van der Waals surface area contributed by atoms with Gasteiger partial charge in [-0.1, -0.05) is 18.2 Å². The molecule has 1 aromatic carbocycles. The van der Waals surface area contributed by atoms with E-state index in [-0.39, 0.29) is 5.90 Å². The van der Waals surface area contributed by atoms with Crippen molar-refractivity contribution in [3.63, 3.8) is 0 Å². The van der Waals surface area contributed by atoms with Crippen LogP contribution in [0.1, 0.15) is 27.7 Å². The van der Waals surface area contributed by atoms with Gasteiger partial charge in [-0.05, 0) is 17.3 Å². The highest BCUT2D eigenvalue weighted by atomic mass is 16.7. The Hall–Kier alpha value is -4.16. The van der Waals surface area contributed by atoms with E-state index in [0.29, 0.717) is 5.69 Å². The van der Waals surface area contributed by atoms with Crippen LogP contribution in [0.5, 0.6) is 0 Å². The number of nitrogens with one attached hydrogen (secondary N) is 2. The van der Waals surface area contributed by atoms with Gasteiger partial charge < -0.3 is 24.3 Å². The van der Waals surface area contributed by atoms with Crippen LogP contribution < -0.4 is 10.6 Å². The number of oxime groups is 1. The number of rotatable bonds is 7. The zero-order chi connectivity index (χ0) is 25.3. The van der Waals surface area contributed by atoms with Gasteiger partial charge in [-0.2, -0.15) is 0 Å². The number of carbonyl (C=O) groups is 5. The van der Waals surface area contributed by atoms with Crippen LogP contribution >= 0.6 is 0 Å². The van der Waals surface area contributed by atoms with Gasteiger partial charge in [-0.3, -0.25) is 29.3 Å². The van der Waals surface area contributed by atoms with E-state index in [1.807, 2.05) is 0 Å². The minimum absolute atomic E-state index is 0.384. The zero-order valence-corrected chi connectivity index (χ0v) is 18.9. The van der Waals surface area contributed by atoms with Crippen molar-refractivity contribution in [2.75, 3.05) is 11.9 Å². The summed E-state index contributed by atoms with van der Waals surface area (Å²) < 4.78 is 21.2. The first kappa shape index (κ1) is 26.1. The summed E-state index contributed by atoms with van der Waals surface area (Å²) in [6.45, 7) is 4.12. The highest BCUT2D eigenvalue weighted by Crippen LogP contribution is 2.25. The molecule has 1 heterocycles. The predicted octanol–water partition coefficient (Wildman–Crippen LogP) is 0.879. The molecule has 1 aliphatic heterocycles. The number of hydrogen-bond donors (Lipinski definition) is 2. The first-order chi connectivity index (χ1) is 16.1. The third-order valence-electron chi connectivity index (χ3n) is 4.21.